The van der Waals surface area contributed by atoms with Gasteiger partial charge in [-0.3, -0.25) is 9.28 Å². The molecule has 0 radical (unpaired) electrons. The number of ketones is 1. The van der Waals surface area contributed by atoms with E-state index in [0.29, 0.717) is 13.1 Å². The molecule has 10 heteroatoms. The predicted molar refractivity (Wildman–Crippen MR) is 139 cm³/mol. The molecular weight excluding hydrogens is 491 g/mol. The number of aliphatic imine (C=N–C) groups is 1. The number of hydrogen-bond acceptors (Lipinski definition) is 7. The van der Waals surface area contributed by atoms with Gasteiger partial charge in [-0.25, -0.2) is 13.4 Å². The van der Waals surface area contributed by atoms with E-state index in [1.807, 2.05) is 12.2 Å². The van der Waals surface area contributed by atoms with Crippen LogP contribution in [0.25, 0.3) is 0 Å². The Hall–Kier alpha value is -0.130. The first-order valence-corrected chi connectivity index (χ1v) is 15.1. The van der Waals surface area contributed by atoms with Crippen LogP contribution >= 0.6 is 0 Å². The van der Waals surface area contributed by atoms with Crippen molar-refractivity contribution in [3.8, 4) is 0 Å². The number of rotatable bonds is 22. The maximum absolute atomic E-state index is 12.8. The zero-order valence-corrected chi connectivity index (χ0v) is 25.5. The van der Waals surface area contributed by atoms with Gasteiger partial charge in [0.25, 0.3) is 5.84 Å². The zero-order valence-electron chi connectivity index (χ0n) is 22.7. The van der Waals surface area contributed by atoms with E-state index < -0.39 is 22.0 Å². The minimum Gasteiger partial charge on any atom is -0.748 e. The molecule has 0 spiro atoms. The van der Waals surface area contributed by atoms with Gasteiger partial charge >= 0.3 is 29.6 Å². The number of aliphatic hydroxyl groups excluding tert-OH is 2. The first kappa shape index (κ1) is 35.9. The molecule has 0 aromatic carbocycles. The smallest absolute Gasteiger partial charge is 0.748 e. The molecule has 0 aromatic heterocycles. The van der Waals surface area contributed by atoms with Gasteiger partial charge in [0.2, 0.25) is 5.78 Å². The summed E-state index contributed by atoms with van der Waals surface area (Å²) in [5.74, 6) is -0.866. The van der Waals surface area contributed by atoms with Gasteiger partial charge in [0.05, 0.1) is 29.0 Å². The molecule has 1 rings (SSSR count). The molecule has 36 heavy (non-hydrogen) atoms. The molecule has 2 unspecified atom stereocenters. The standard InChI is InChI=1S/C26H48N2O6S.Na/c1-2-3-4-5-6-7-8-9-10-11-12-13-14-15-16-17-25(31)26-27-18-19-28(26,20-21-29)22-24(30)23-35(32,33)34;/h15-16,24,29-30H,2-14,17-23H2,1H3;/q;+1/b16-15+;. The molecule has 2 N–H and O–H groups in total. The minimum atomic E-state index is -4.59. The second-order valence-electron chi connectivity index (χ2n) is 9.86. The molecule has 1 heterocycles. The van der Waals surface area contributed by atoms with Crippen LogP contribution in [0, 0.1) is 0 Å². The number of quaternary nitrogens is 1. The van der Waals surface area contributed by atoms with E-state index in [1.54, 1.807) is 0 Å². The van der Waals surface area contributed by atoms with Crippen LogP contribution < -0.4 is 29.6 Å². The molecule has 1 aliphatic heterocycles. The second-order valence-corrected chi connectivity index (χ2v) is 11.3. The van der Waals surface area contributed by atoms with Crippen molar-refractivity contribution < 1.29 is 62.0 Å². The molecule has 0 saturated carbocycles. The summed E-state index contributed by atoms with van der Waals surface area (Å²) < 4.78 is 32.9. The fourth-order valence-corrected chi connectivity index (χ4v) is 5.41. The van der Waals surface area contributed by atoms with Crippen LogP contribution in [0.1, 0.15) is 96.8 Å². The third-order valence-electron chi connectivity index (χ3n) is 6.67. The third kappa shape index (κ3) is 16.0. The van der Waals surface area contributed by atoms with Gasteiger partial charge in [0.1, 0.15) is 25.7 Å². The summed E-state index contributed by atoms with van der Waals surface area (Å²) in [6.45, 7) is 2.77. The number of amidine groups is 1. The Morgan fingerprint density at radius 1 is 1.03 bits per heavy atom. The maximum atomic E-state index is 12.8. The van der Waals surface area contributed by atoms with Gasteiger partial charge in [-0.2, -0.15) is 0 Å². The van der Waals surface area contributed by atoms with E-state index in [1.165, 1.54) is 70.6 Å². The van der Waals surface area contributed by atoms with Crippen molar-refractivity contribution in [1.82, 2.24) is 0 Å². The van der Waals surface area contributed by atoms with Gasteiger partial charge in [-0.1, -0.05) is 89.7 Å². The largest absolute Gasteiger partial charge is 1.00 e. The third-order valence-corrected chi connectivity index (χ3v) is 7.46. The summed E-state index contributed by atoms with van der Waals surface area (Å²) in [6, 6.07) is 0. The Bertz CT molecular complexity index is 760. The topological polar surface area (TPSA) is 127 Å². The number of aliphatic hydroxyl groups is 2. The van der Waals surface area contributed by atoms with Gasteiger partial charge in [-0.05, 0) is 12.8 Å². The number of nitrogens with zero attached hydrogens (tertiary/aromatic N) is 2. The van der Waals surface area contributed by atoms with Crippen molar-refractivity contribution in [3.63, 3.8) is 0 Å². The SMILES string of the molecule is CCCCCCCCCCCCCC/C=C/CC(=O)C1=NCC[N+]1(CCO)CC(O)CS(=O)(=O)[O-].[Na+]. The summed E-state index contributed by atoms with van der Waals surface area (Å²) in [7, 11) is -4.59. The van der Waals surface area contributed by atoms with Crippen LogP contribution in [0.4, 0.5) is 0 Å². The van der Waals surface area contributed by atoms with E-state index in [2.05, 4.69) is 11.9 Å². The summed E-state index contributed by atoms with van der Waals surface area (Å²) in [5, 5.41) is 19.6. The average molecular weight is 540 g/mol. The number of hydrogen-bond donors (Lipinski definition) is 2. The van der Waals surface area contributed by atoms with Crippen molar-refractivity contribution in [3.05, 3.63) is 12.2 Å². The monoisotopic (exact) mass is 539 g/mol. The molecule has 0 fully saturated rings. The molecule has 2 atom stereocenters. The van der Waals surface area contributed by atoms with Gasteiger partial charge in [0, 0.05) is 6.42 Å². The molecule has 0 amide bonds. The number of allylic oxidation sites excluding steroid dienone is 2. The molecule has 204 valence electrons. The summed E-state index contributed by atoms with van der Waals surface area (Å²) in [4.78, 5) is 17.1. The van der Waals surface area contributed by atoms with E-state index >= 15 is 0 Å². The Kier molecular flexibility index (Phi) is 20.7. The van der Waals surface area contributed by atoms with Crippen LogP contribution in [-0.2, 0) is 14.9 Å². The van der Waals surface area contributed by atoms with Gasteiger partial charge < -0.3 is 14.8 Å². The Morgan fingerprint density at radius 3 is 2.11 bits per heavy atom. The summed E-state index contributed by atoms with van der Waals surface area (Å²) in [5.41, 5.74) is 0. The first-order chi connectivity index (χ1) is 16.7. The van der Waals surface area contributed by atoms with Crippen LogP contribution in [0.2, 0.25) is 0 Å². The average Bonchev–Trinajstić information content (AvgIpc) is 3.18. The van der Waals surface area contributed by atoms with Crippen molar-refractivity contribution in [2.24, 2.45) is 4.99 Å². The molecule has 1 aliphatic rings. The van der Waals surface area contributed by atoms with Crippen LogP contribution in [0.15, 0.2) is 17.1 Å². The summed E-state index contributed by atoms with van der Waals surface area (Å²) in [6.07, 6.45) is 19.2. The van der Waals surface area contributed by atoms with Crippen molar-refractivity contribution >= 4 is 21.7 Å². The molecule has 0 saturated heterocycles. The van der Waals surface area contributed by atoms with Crippen molar-refractivity contribution in [2.45, 2.75) is 103 Å². The number of Topliss-reactive ketones (excluding diaryl/α,β-unsaturated/α-hetero) is 1. The Labute approximate surface area is 241 Å². The van der Waals surface area contributed by atoms with Crippen LogP contribution in [0.3, 0.4) is 0 Å². The van der Waals surface area contributed by atoms with E-state index in [9.17, 15) is 28.0 Å². The molecule has 8 nitrogen and oxygen atoms in total. The van der Waals surface area contributed by atoms with E-state index in [4.69, 9.17) is 0 Å². The molecule has 0 aromatic rings. The number of carbonyl (C=O) groups is 1. The minimum absolute atomic E-state index is 0. The fraction of sp³-hybridized carbons (Fsp3) is 0.846. The first-order valence-electron chi connectivity index (χ1n) is 13.6. The molecule has 0 aliphatic carbocycles. The normalized spacial score (nSPS) is 18.8. The van der Waals surface area contributed by atoms with E-state index in [0.717, 1.165) is 12.8 Å². The maximum Gasteiger partial charge on any atom is 1.00 e. The summed E-state index contributed by atoms with van der Waals surface area (Å²) >= 11 is 0. The zero-order chi connectivity index (χ0) is 26.0. The fourth-order valence-electron chi connectivity index (χ4n) is 4.83. The van der Waals surface area contributed by atoms with Gasteiger partial charge in [0.15, 0.2) is 0 Å². The molecular formula is C26H48N2NaO6S+. The van der Waals surface area contributed by atoms with Crippen molar-refractivity contribution in [2.75, 3.05) is 38.5 Å². The van der Waals surface area contributed by atoms with Crippen LogP contribution in [-0.4, -0.2) is 83.9 Å². The quantitative estimate of drug-likeness (QED) is 0.0686. The Morgan fingerprint density at radius 2 is 1.58 bits per heavy atom. The number of unbranched alkanes of at least 4 members (excludes halogenated alkanes) is 12. The predicted octanol–water partition coefficient (Wildman–Crippen LogP) is 0.724. The number of carbonyl (C=O) groups excluding carboxylic acids is 1. The van der Waals surface area contributed by atoms with Crippen molar-refractivity contribution in [1.29, 1.82) is 0 Å². The van der Waals surface area contributed by atoms with Gasteiger partial charge in [-0.15, -0.1) is 0 Å². The Balaban J connectivity index is 0.0000122. The second kappa shape index (κ2) is 20.8. The molecule has 0 bridgehead atoms. The van der Waals surface area contributed by atoms with Crippen LogP contribution in [0.5, 0.6) is 0 Å². The van der Waals surface area contributed by atoms with E-state index in [-0.39, 0.29) is 71.8 Å².